The smallest absolute Gasteiger partial charge is 0.142 e. The summed E-state index contributed by atoms with van der Waals surface area (Å²) < 4.78 is 0. The van der Waals surface area contributed by atoms with Gasteiger partial charge in [-0.3, -0.25) is 0 Å². The molecule has 1 atom stereocenters. The SMILES string of the molecule is CC.CN(CCC1CCN1)c1ncnc2[nH]ccc12. The molecular weight excluding hydrogens is 238 g/mol. The molecule has 3 rings (SSSR count). The van der Waals surface area contributed by atoms with Crippen LogP contribution in [0.4, 0.5) is 5.82 Å². The maximum Gasteiger partial charge on any atom is 0.142 e. The van der Waals surface area contributed by atoms with Crippen LogP contribution in [0.5, 0.6) is 0 Å². The average Bonchev–Trinajstić information content (AvgIpc) is 2.87. The Hall–Kier alpha value is -1.62. The van der Waals surface area contributed by atoms with Crippen molar-refractivity contribution in [2.24, 2.45) is 0 Å². The molecule has 1 saturated heterocycles. The van der Waals surface area contributed by atoms with Crippen LogP contribution in [0.15, 0.2) is 18.6 Å². The van der Waals surface area contributed by atoms with Gasteiger partial charge < -0.3 is 15.2 Å². The van der Waals surface area contributed by atoms with Crippen molar-refractivity contribution in [2.45, 2.75) is 32.7 Å². The van der Waals surface area contributed by atoms with Crippen LogP contribution in [0.3, 0.4) is 0 Å². The summed E-state index contributed by atoms with van der Waals surface area (Å²) in [5.41, 5.74) is 0.906. The van der Waals surface area contributed by atoms with E-state index in [1.165, 1.54) is 19.4 Å². The lowest BCUT2D eigenvalue weighted by Gasteiger charge is -2.29. The van der Waals surface area contributed by atoms with Crippen molar-refractivity contribution in [2.75, 3.05) is 25.0 Å². The zero-order chi connectivity index (χ0) is 13.7. The Morgan fingerprint density at radius 2 is 2.16 bits per heavy atom. The number of nitrogens with zero attached hydrogens (tertiary/aromatic N) is 3. The molecule has 0 aromatic carbocycles. The van der Waals surface area contributed by atoms with Crippen LogP contribution in [0.1, 0.15) is 26.7 Å². The molecule has 5 heteroatoms. The summed E-state index contributed by atoms with van der Waals surface area (Å²) in [6.07, 6.45) is 6.00. The van der Waals surface area contributed by atoms with Crippen molar-refractivity contribution >= 4 is 16.9 Å². The van der Waals surface area contributed by atoms with Gasteiger partial charge in [-0.05, 0) is 25.5 Å². The predicted molar refractivity (Wildman–Crippen MR) is 79.5 cm³/mol. The third-order valence-corrected chi connectivity index (χ3v) is 3.43. The van der Waals surface area contributed by atoms with Gasteiger partial charge in [-0.25, -0.2) is 9.97 Å². The Kier molecular flexibility index (Phi) is 4.74. The third-order valence-electron chi connectivity index (χ3n) is 3.43. The number of aromatic nitrogens is 3. The minimum atomic E-state index is 0.695. The van der Waals surface area contributed by atoms with Gasteiger partial charge in [0.05, 0.1) is 5.39 Å². The van der Waals surface area contributed by atoms with E-state index in [2.05, 4.69) is 32.2 Å². The number of rotatable bonds is 4. The van der Waals surface area contributed by atoms with E-state index in [1.54, 1.807) is 6.33 Å². The molecule has 104 valence electrons. The Morgan fingerprint density at radius 3 is 2.84 bits per heavy atom. The molecule has 0 amide bonds. The van der Waals surface area contributed by atoms with Gasteiger partial charge in [0.1, 0.15) is 17.8 Å². The number of H-pyrrole nitrogens is 1. The topological polar surface area (TPSA) is 56.8 Å². The summed E-state index contributed by atoms with van der Waals surface area (Å²) in [7, 11) is 2.09. The molecule has 1 aliphatic rings. The van der Waals surface area contributed by atoms with E-state index in [-0.39, 0.29) is 0 Å². The standard InChI is InChI=1S/C12H17N5.C2H6/c1-17(7-4-9-2-5-13-9)12-10-3-6-14-11(10)15-8-16-12;1-2/h3,6,8-9,13H,2,4-5,7H2,1H3,(H,14,15,16);1-2H3. The summed E-state index contributed by atoms with van der Waals surface area (Å²) in [6.45, 7) is 6.19. The normalized spacial score (nSPS) is 17.5. The van der Waals surface area contributed by atoms with E-state index >= 15 is 0 Å². The fourth-order valence-electron chi connectivity index (χ4n) is 2.21. The molecule has 1 fully saturated rings. The molecule has 5 nitrogen and oxygen atoms in total. The van der Waals surface area contributed by atoms with Crippen LogP contribution in [0, 0.1) is 0 Å². The van der Waals surface area contributed by atoms with Gasteiger partial charge in [-0.1, -0.05) is 13.8 Å². The first-order chi connectivity index (χ1) is 9.34. The largest absolute Gasteiger partial charge is 0.359 e. The average molecular weight is 261 g/mol. The highest BCUT2D eigenvalue weighted by Crippen LogP contribution is 2.21. The fraction of sp³-hybridized carbons (Fsp3) is 0.571. The Balaban J connectivity index is 0.000000637. The molecule has 0 aliphatic carbocycles. The molecule has 1 aliphatic heterocycles. The first-order valence-corrected chi connectivity index (χ1v) is 7.07. The molecule has 0 bridgehead atoms. The van der Waals surface area contributed by atoms with Gasteiger partial charge in [0.2, 0.25) is 0 Å². The summed E-state index contributed by atoms with van der Waals surface area (Å²) in [6, 6.07) is 2.73. The van der Waals surface area contributed by atoms with E-state index in [9.17, 15) is 0 Å². The first kappa shape index (κ1) is 13.8. The van der Waals surface area contributed by atoms with E-state index in [0.29, 0.717) is 6.04 Å². The second-order valence-corrected chi connectivity index (χ2v) is 4.59. The number of aromatic amines is 1. The number of fused-ring (bicyclic) bond motifs is 1. The molecule has 2 aromatic heterocycles. The van der Waals surface area contributed by atoms with Gasteiger partial charge in [-0.15, -0.1) is 0 Å². The van der Waals surface area contributed by atoms with Crippen LogP contribution in [0.2, 0.25) is 0 Å². The summed E-state index contributed by atoms with van der Waals surface area (Å²) >= 11 is 0. The van der Waals surface area contributed by atoms with Crippen LogP contribution < -0.4 is 10.2 Å². The summed E-state index contributed by atoms with van der Waals surface area (Å²) in [5, 5.41) is 4.51. The number of nitrogens with one attached hydrogen (secondary N) is 2. The molecule has 2 aromatic rings. The zero-order valence-corrected chi connectivity index (χ0v) is 12.0. The van der Waals surface area contributed by atoms with Gasteiger partial charge in [0.15, 0.2) is 0 Å². The quantitative estimate of drug-likeness (QED) is 0.885. The van der Waals surface area contributed by atoms with Gasteiger partial charge in [0.25, 0.3) is 0 Å². The molecule has 0 radical (unpaired) electrons. The monoisotopic (exact) mass is 261 g/mol. The lowest BCUT2D eigenvalue weighted by Crippen LogP contribution is -2.44. The van der Waals surface area contributed by atoms with E-state index < -0.39 is 0 Å². The molecule has 1 unspecified atom stereocenters. The van der Waals surface area contributed by atoms with Crippen LogP contribution >= 0.6 is 0 Å². The minimum absolute atomic E-state index is 0.695. The maximum atomic E-state index is 4.38. The van der Waals surface area contributed by atoms with Crippen molar-refractivity contribution in [1.82, 2.24) is 20.3 Å². The summed E-state index contributed by atoms with van der Waals surface area (Å²) in [5.74, 6) is 1.01. The fourth-order valence-corrected chi connectivity index (χ4v) is 2.21. The van der Waals surface area contributed by atoms with E-state index in [4.69, 9.17) is 0 Å². The number of anilines is 1. The Labute approximate surface area is 114 Å². The first-order valence-electron chi connectivity index (χ1n) is 7.07. The molecule has 3 heterocycles. The predicted octanol–water partition coefficient (Wildman–Crippen LogP) is 2.17. The Morgan fingerprint density at radius 1 is 1.37 bits per heavy atom. The summed E-state index contributed by atoms with van der Waals surface area (Å²) in [4.78, 5) is 13.9. The third kappa shape index (κ3) is 3.04. The molecule has 2 N–H and O–H groups in total. The second kappa shape index (κ2) is 6.52. The zero-order valence-electron chi connectivity index (χ0n) is 12.0. The van der Waals surface area contributed by atoms with E-state index in [1.807, 2.05) is 26.1 Å². The number of hydrogen-bond acceptors (Lipinski definition) is 4. The van der Waals surface area contributed by atoms with E-state index in [0.717, 1.165) is 23.4 Å². The van der Waals surface area contributed by atoms with Crippen molar-refractivity contribution in [3.05, 3.63) is 18.6 Å². The highest BCUT2D eigenvalue weighted by Gasteiger charge is 2.17. The van der Waals surface area contributed by atoms with Crippen molar-refractivity contribution in [1.29, 1.82) is 0 Å². The van der Waals surface area contributed by atoms with Crippen LogP contribution in [-0.2, 0) is 0 Å². The van der Waals surface area contributed by atoms with Crippen molar-refractivity contribution in [3.8, 4) is 0 Å². The van der Waals surface area contributed by atoms with Gasteiger partial charge >= 0.3 is 0 Å². The second-order valence-electron chi connectivity index (χ2n) is 4.59. The highest BCUT2D eigenvalue weighted by molar-refractivity contribution is 5.87. The van der Waals surface area contributed by atoms with Crippen molar-refractivity contribution < 1.29 is 0 Å². The lowest BCUT2D eigenvalue weighted by atomic mass is 10.0. The molecule has 0 spiro atoms. The maximum absolute atomic E-state index is 4.38. The molecular formula is C14H23N5. The highest BCUT2D eigenvalue weighted by atomic mass is 15.2. The number of hydrogen-bond donors (Lipinski definition) is 2. The lowest BCUT2D eigenvalue weighted by molar-refractivity contribution is 0.353. The van der Waals surface area contributed by atoms with Crippen molar-refractivity contribution in [3.63, 3.8) is 0 Å². The Bertz CT molecular complexity index is 503. The van der Waals surface area contributed by atoms with Crippen LogP contribution in [0.25, 0.3) is 11.0 Å². The minimum Gasteiger partial charge on any atom is -0.359 e. The van der Waals surface area contributed by atoms with Crippen LogP contribution in [-0.4, -0.2) is 41.1 Å². The molecule has 19 heavy (non-hydrogen) atoms. The van der Waals surface area contributed by atoms with Gasteiger partial charge in [-0.2, -0.15) is 0 Å². The van der Waals surface area contributed by atoms with Gasteiger partial charge in [0, 0.05) is 25.8 Å². The molecule has 0 saturated carbocycles.